The summed E-state index contributed by atoms with van der Waals surface area (Å²) in [4.78, 5) is 0. The molecule has 0 aliphatic carbocycles. The van der Waals surface area contributed by atoms with Gasteiger partial charge in [0.1, 0.15) is 5.82 Å². The number of thioether (sulfide) groups is 1. The highest BCUT2D eigenvalue weighted by molar-refractivity contribution is 8.00. The summed E-state index contributed by atoms with van der Waals surface area (Å²) in [6.07, 6.45) is 0. The molecule has 1 saturated heterocycles. The standard InChI is InChI=1S/C14H17FN2OS.CH4/c1-14(17,10-4-2-3-5-12(10)15)11-8-18-9-13(11)19-7-6-16;/h2-5,11,13H,7-9,17H2,1H3;1H4/t11?,13?,14-;/m1./s1. The summed E-state index contributed by atoms with van der Waals surface area (Å²) in [7, 11) is 0. The number of ether oxygens (including phenoxy) is 1. The van der Waals surface area contributed by atoms with Gasteiger partial charge in [-0.15, -0.1) is 11.8 Å². The first-order chi connectivity index (χ1) is 9.07. The molecule has 0 amide bonds. The van der Waals surface area contributed by atoms with Gasteiger partial charge in [0.15, 0.2) is 0 Å². The molecule has 1 aromatic rings. The second-order valence-electron chi connectivity index (χ2n) is 4.91. The Balaban J connectivity index is 0.00000200. The summed E-state index contributed by atoms with van der Waals surface area (Å²) in [6, 6.07) is 8.70. The average Bonchev–Trinajstić information content (AvgIpc) is 2.85. The third kappa shape index (κ3) is 3.32. The number of nitrogens with zero attached hydrogens (tertiary/aromatic N) is 1. The van der Waals surface area contributed by atoms with Crippen molar-refractivity contribution in [1.29, 1.82) is 5.26 Å². The van der Waals surface area contributed by atoms with E-state index in [-0.39, 0.29) is 24.4 Å². The minimum atomic E-state index is -0.797. The molecule has 0 saturated carbocycles. The third-order valence-corrected chi connectivity index (χ3v) is 4.80. The highest BCUT2D eigenvalue weighted by Crippen LogP contribution is 2.38. The van der Waals surface area contributed by atoms with Crippen LogP contribution in [0.15, 0.2) is 24.3 Å². The molecule has 1 aromatic carbocycles. The number of hydrogen-bond acceptors (Lipinski definition) is 4. The molecule has 1 aliphatic heterocycles. The minimum Gasteiger partial charge on any atom is -0.380 e. The fourth-order valence-corrected chi connectivity index (χ4v) is 3.57. The van der Waals surface area contributed by atoms with Crippen molar-refractivity contribution in [3.8, 4) is 6.07 Å². The van der Waals surface area contributed by atoms with Crippen LogP contribution in [0.25, 0.3) is 0 Å². The topological polar surface area (TPSA) is 59.0 Å². The molecule has 3 nitrogen and oxygen atoms in total. The maximum Gasteiger partial charge on any atom is 0.128 e. The van der Waals surface area contributed by atoms with E-state index in [1.165, 1.54) is 17.8 Å². The van der Waals surface area contributed by atoms with E-state index in [1.807, 2.05) is 6.92 Å². The van der Waals surface area contributed by atoms with Gasteiger partial charge >= 0.3 is 0 Å². The predicted molar refractivity (Wildman–Crippen MR) is 80.8 cm³/mol. The van der Waals surface area contributed by atoms with Gasteiger partial charge in [-0.3, -0.25) is 0 Å². The van der Waals surface area contributed by atoms with Crippen LogP contribution < -0.4 is 5.73 Å². The molecule has 0 spiro atoms. The molecular weight excluding hydrogens is 275 g/mol. The highest BCUT2D eigenvalue weighted by Gasteiger charge is 2.42. The quantitative estimate of drug-likeness (QED) is 0.928. The average molecular weight is 296 g/mol. The molecule has 3 atom stereocenters. The van der Waals surface area contributed by atoms with Gasteiger partial charge in [0.05, 0.1) is 25.0 Å². The van der Waals surface area contributed by atoms with E-state index >= 15 is 0 Å². The van der Waals surface area contributed by atoms with E-state index in [0.717, 1.165) is 0 Å². The van der Waals surface area contributed by atoms with E-state index in [9.17, 15) is 4.39 Å². The fraction of sp³-hybridized carbons (Fsp3) is 0.533. The Morgan fingerprint density at radius 3 is 2.85 bits per heavy atom. The lowest BCUT2D eigenvalue weighted by Gasteiger charge is -2.34. The lowest BCUT2D eigenvalue weighted by molar-refractivity contribution is 0.165. The van der Waals surface area contributed by atoms with Crippen LogP contribution in [-0.4, -0.2) is 24.2 Å². The summed E-state index contributed by atoms with van der Waals surface area (Å²) in [5, 5.41) is 8.81. The Kier molecular flexibility index (Phi) is 6.00. The summed E-state index contributed by atoms with van der Waals surface area (Å²) in [5.74, 6) is 0.115. The van der Waals surface area contributed by atoms with Gasteiger partial charge in [-0.25, -0.2) is 4.39 Å². The summed E-state index contributed by atoms with van der Waals surface area (Å²) >= 11 is 1.53. The molecule has 0 bridgehead atoms. The summed E-state index contributed by atoms with van der Waals surface area (Å²) in [6.45, 7) is 2.91. The van der Waals surface area contributed by atoms with Crippen LogP contribution in [0.2, 0.25) is 0 Å². The molecule has 20 heavy (non-hydrogen) atoms. The Morgan fingerprint density at radius 2 is 2.20 bits per heavy atom. The number of nitrogens with two attached hydrogens (primary N) is 1. The minimum absolute atomic E-state index is 0. The van der Waals surface area contributed by atoms with Crippen LogP contribution in [0, 0.1) is 23.1 Å². The van der Waals surface area contributed by atoms with E-state index in [0.29, 0.717) is 24.5 Å². The van der Waals surface area contributed by atoms with Crippen LogP contribution in [0.4, 0.5) is 4.39 Å². The highest BCUT2D eigenvalue weighted by atomic mass is 32.2. The van der Waals surface area contributed by atoms with Gasteiger partial charge in [-0.2, -0.15) is 5.26 Å². The molecule has 2 unspecified atom stereocenters. The Hall–Kier alpha value is -1.09. The normalized spacial score (nSPS) is 24.5. The van der Waals surface area contributed by atoms with Gasteiger partial charge in [0, 0.05) is 22.3 Å². The maximum absolute atomic E-state index is 13.9. The van der Waals surface area contributed by atoms with E-state index in [1.54, 1.807) is 18.2 Å². The van der Waals surface area contributed by atoms with Crippen molar-refractivity contribution in [3.05, 3.63) is 35.6 Å². The zero-order chi connectivity index (χ0) is 13.9. The van der Waals surface area contributed by atoms with E-state index < -0.39 is 5.54 Å². The molecule has 1 aliphatic rings. The SMILES string of the molecule is C.C[C@@](N)(c1ccccc1F)C1COCC1SCC#N. The first-order valence-electron chi connectivity index (χ1n) is 6.17. The smallest absolute Gasteiger partial charge is 0.128 e. The first kappa shape index (κ1) is 17.0. The van der Waals surface area contributed by atoms with Crippen molar-refractivity contribution in [3.63, 3.8) is 0 Å². The number of rotatable bonds is 4. The molecule has 0 radical (unpaired) electrons. The van der Waals surface area contributed by atoms with Gasteiger partial charge in [-0.1, -0.05) is 25.6 Å². The number of benzene rings is 1. The third-order valence-electron chi connectivity index (χ3n) is 3.61. The van der Waals surface area contributed by atoms with Gasteiger partial charge < -0.3 is 10.5 Å². The van der Waals surface area contributed by atoms with Gasteiger partial charge in [0.25, 0.3) is 0 Å². The van der Waals surface area contributed by atoms with Crippen molar-refractivity contribution >= 4 is 11.8 Å². The molecule has 1 fully saturated rings. The van der Waals surface area contributed by atoms with Crippen molar-refractivity contribution in [2.75, 3.05) is 19.0 Å². The van der Waals surface area contributed by atoms with Crippen molar-refractivity contribution in [2.24, 2.45) is 11.7 Å². The van der Waals surface area contributed by atoms with E-state index in [2.05, 4.69) is 6.07 Å². The molecule has 110 valence electrons. The zero-order valence-electron chi connectivity index (χ0n) is 10.8. The Morgan fingerprint density at radius 1 is 1.50 bits per heavy atom. The Labute approximate surface area is 124 Å². The number of nitriles is 1. The number of hydrogen-bond donors (Lipinski definition) is 1. The Bertz CT molecular complexity index is 487. The molecule has 2 rings (SSSR count). The molecule has 1 heterocycles. The van der Waals surface area contributed by atoms with Crippen molar-refractivity contribution < 1.29 is 9.13 Å². The van der Waals surface area contributed by atoms with Crippen LogP contribution in [0.3, 0.4) is 0 Å². The second kappa shape index (κ2) is 7.07. The van der Waals surface area contributed by atoms with Crippen LogP contribution >= 0.6 is 11.8 Å². The number of halogens is 1. The van der Waals surface area contributed by atoms with Gasteiger partial charge in [-0.05, 0) is 13.0 Å². The summed E-state index contributed by atoms with van der Waals surface area (Å²) in [5.41, 5.74) is 6.10. The van der Waals surface area contributed by atoms with Crippen LogP contribution in [-0.2, 0) is 10.3 Å². The van der Waals surface area contributed by atoms with Gasteiger partial charge in [0.2, 0.25) is 0 Å². The zero-order valence-corrected chi connectivity index (χ0v) is 11.6. The molecular formula is C15H21FN2OS. The van der Waals surface area contributed by atoms with Crippen molar-refractivity contribution in [2.45, 2.75) is 25.1 Å². The lowest BCUT2D eigenvalue weighted by atomic mass is 9.79. The summed E-state index contributed by atoms with van der Waals surface area (Å²) < 4.78 is 19.4. The van der Waals surface area contributed by atoms with E-state index in [4.69, 9.17) is 15.7 Å². The van der Waals surface area contributed by atoms with Crippen LogP contribution in [0.5, 0.6) is 0 Å². The molecule has 0 aromatic heterocycles. The molecule has 5 heteroatoms. The monoisotopic (exact) mass is 296 g/mol. The fourth-order valence-electron chi connectivity index (χ4n) is 2.50. The lowest BCUT2D eigenvalue weighted by Crippen LogP contribution is -2.46. The predicted octanol–water partition coefficient (Wildman–Crippen LogP) is 2.91. The first-order valence-corrected chi connectivity index (χ1v) is 7.22. The largest absolute Gasteiger partial charge is 0.380 e. The second-order valence-corrected chi connectivity index (χ2v) is 6.14. The molecule has 2 N–H and O–H groups in total. The maximum atomic E-state index is 13.9. The van der Waals surface area contributed by atoms with Crippen LogP contribution in [0.1, 0.15) is 19.9 Å². The van der Waals surface area contributed by atoms with Crippen molar-refractivity contribution in [1.82, 2.24) is 0 Å².